The van der Waals surface area contributed by atoms with Crippen molar-refractivity contribution >= 4 is 17.3 Å². The van der Waals surface area contributed by atoms with Gasteiger partial charge in [0.15, 0.2) is 0 Å². The molecule has 2 rings (SSSR count). The second kappa shape index (κ2) is 2.65. The Morgan fingerprint density at radius 2 is 2.38 bits per heavy atom. The second-order valence-electron chi connectivity index (χ2n) is 3.11. The van der Waals surface area contributed by atoms with Crippen LogP contribution >= 0.6 is 0 Å². The van der Waals surface area contributed by atoms with Crippen LogP contribution in [-0.4, -0.2) is 17.1 Å². The van der Waals surface area contributed by atoms with E-state index in [1.54, 1.807) is 6.07 Å². The van der Waals surface area contributed by atoms with Crippen molar-refractivity contribution in [1.82, 2.24) is 0 Å². The fourth-order valence-corrected chi connectivity index (χ4v) is 1.56. The van der Waals surface area contributed by atoms with Crippen molar-refractivity contribution in [2.24, 2.45) is 0 Å². The number of rotatable bonds is 1. The highest BCUT2D eigenvalue weighted by Gasteiger charge is 2.27. The van der Waals surface area contributed by atoms with E-state index in [0.29, 0.717) is 12.1 Å². The first-order valence-electron chi connectivity index (χ1n) is 4.05. The monoisotopic (exact) mass is 178 g/mol. The molecule has 0 fully saturated rings. The number of benzene rings is 1. The topological polar surface area (TPSA) is 75.4 Å². The van der Waals surface area contributed by atoms with E-state index in [9.17, 15) is 4.79 Å². The third kappa shape index (κ3) is 1.20. The summed E-state index contributed by atoms with van der Waals surface area (Å²) in [4.78, 5) is 10.7. The highest BCUT2D eigenvalue weighted by Crippen LogP contribution is 2.30. The van der Waals surface area contributed by atoms with Gasteiger partial charge < -0.3 is 16.2 Å². The number of hydrogen-bond donors (Lipinski definition) is 3. The van der Waals surface area contributed by atoms with Gasteiger partial charge in [-0.1, -0.05) is 6.07 Å². The number of nitrogen functional groups attached to an aromatic ring is 1. The van der Waals surface area contributed by atoms with E-state index in [1.165, 1.54) is 0 Å². The number of fused-ring (bicyclic) bond motifs is 1. The minimum absolute atomic E-state index is 0.470. The summed E-state index contributed by atoms with van der Waals surface area (Å²) in [6.45, 7) is 0. The number of hydrogen-bond acceptors (Lipinski definition) is 3. The Morgan fingerprint density at radius 3 is 3.00 bits per heavy atom. The van der Waals surface area contributed by atoms with Gasteiger partial charge >= 0.3 is 5.97 Å². The highest BCUT2D eigenvalue weighted by molar-refractivity contribution is 5.83. The normalized spacial score (nSPS) is 19.2. The van der Waals surface area contributed by atoms with Gasteiger partial charge in [0.25, 0.3) is 0 Å². The maximum absolute atomic E-state index is 10.7. The summed E-state index contributed by atoms with van der Waals surface area (Å²) < 4.78 is 0. The van der Waals surface area contributed by atoms with E-state index in [1.807, 2.05) is 12.1 Å². The molecule has 1 heterocycles. The summed E-state index contributed by atoms with van der Waals surface area (Å²) >= 11 is 0. The second-order valence-corrected chi connectivity index (χ2v) is 3.11. The fourth-order valence-electron chi connectivity index (χ4n) is 1.56. The van der Waals surface area contributed by atoms with Gasteiger partial charge in [0.1, 0.15) is 6.04 Å². The number of carboxylic acid groups (broad SMARTS) is 1. The van der Waals surface area contributed by atoms with E-state index in [-0.39, 0.29) is 0 Å². The lowest BCUT2D eigenvalue weighted by Gasteiger charge is -2.03. The Bertz CT molecular complexity index is 363. The van der Waals surface area contributed by atoms with Gasteiger partial charge in [0.05, 0.1) is 0 Å². The molecule has 0 aromatic heterocycles. The molecule has 4 nitrogen and oxygen atoms in total. The zero-order chi connectivity index (χ0) is 9.42. The molecule has 0 unspecified atom stereocenters. The van der Waals surface area contributed by atoms with Gasteiger partial charge in [-0.3, -0.25) is 0 Å². The van der Waals surface area contributed by atoms with Crippen LogP contribution in [0.3, 0.4) is 0 Å². The standard InChI is InChI=1S/C9H10N2O2/c10-6-2-1-3-7-5(6)4-8(11-7)9(12)13/h1-3,8,11H,4,10H2,(H,12,13)/t8-/m1/s1. The Labute approximate surface area is 75.4 Å². The molecule has 1 aromatic carbocycles. The molecule has 1 aromatic rings. The molecule has 68 valence electrons. The first-order valence-corrected chi connectivity index (χ1v) is 4.05. The first-order chi connectivity index (χ1) is 6.18. The minimum atomic E-state index is -0.837. The van der Waals surface area contributed by atoms with Crippen LogP contribution in [0.25, 0.3) is 0 Å². The Kier molecular flexibility index (Phi) is 1.62. The van der Waals surface area contributed by atoms with Crippen LogP contribution in [0.1, 0.15) is 5.56 Å². The van der Waals surface area contributed by atoms with Crippen molar-refractivity contribution in [3.63, 3.8) is 0 Å². The molecule has 1 atom stereocenters. The number of aliphatic carboxylic acids is 1. The number of nitrogens with one attached hydrogen (secondary N) is 1. The summed E-state index contributed by atoms with van der Waals surface area (Å²) in [5.41, 5.74) is 8.11. The zero-order valence-corrected chi connectivity index (χ0v) is 6.95. The molecule has 1 aliphatic rings. The van der Waals surface area contributed by atoms with Gasteiger partial charge in [-0.15, -0.1) is 0 Å². The molecule has 1 aliphatic heterocycles. The van der Waals surface area contributed by atoms with Crippen molar-refractivity contribution in [2.45, 2.75) is 12.5 Å². The largest absolute Gasteiger partial charge is 0.480 e. The SMILES string of the molecule is Nc1cccc2c1C[C@H](C(=O)O)N2. The molecule has 4 N–H and O–H groups in total. The maximum atomic E-state index is 10.7. The van der Waals surface area contributed by atoms with Crippen LogP contribution in [0.5, 0.6) is 0 Å². The maximum Gasteiger partial charge on any atom is 0.326 e. The molecular formula is C9H10N2O2. The molecule has 0 aliphatic carbocycles. The summed E-state index contributed by atoms with van der Waals surface area (Å²) in [6.07, 6.45) is 0.470. The molecule has 0 radical (unpaired) electrons. The zero-order valence-electron chi connectivity index (χ0n) is 6.95. The average Bonchev–Trinajstić information content (AvgIpc) is 2.49. The number of carboxylic acids is 1. The molecule has 0 spiro atoms. The van der Waals surface area contributed by atoms with Crippen LogP contribution in [-0.2, 0) is 11.2 Å². The van der Waals surface area contributed by atoms with Gasteiger partial charge in [-0.05, 0) is 12.1 Å². The Balaban J connectivity index is 2.35. The molecular weight excluding hydrogens is 168 g/mol. The molecule has 0 bridgehead atoms. The fraction of sp³-hybridized carbons (Fsp3) is 0.222. The Morgan fingerprint density at radius 1 is 1.62 bits per heavy atom. The van der Waals surface area contributed by atoms with Gasteiger partial charge in [-0.2, -0.15) is 0 Å². The molecule has 0 amide bonds. The van der Waals surface area contributed by atoms with Crippen LogP contribution in [0, 0.1) is 0 Å². The smallest absolute Gasteiger partial charge is 0.326 e. The summed E-state index contributed by atoms with van der Waals surface area (Å²) in [5, 5.41) is 11.7. The lowest BCUT2D eigenvalue weighted by molar-refractivity contribution is -0.137. The summed E-state index contributed by atoms with van der Waals surface area (Å²) in [5.74, 6) is -0.837. The highest BCUT2D eigenvalue weighted by atomic mass is 16.4. The third-order valence-corrected chi connectivity index (χ3v) is 2.25. The quantitative estimate of drug-likeness (QED) is 0.553. The molecule has 4 heteroatoms. The first kappa shape index (κ1) is 7.91. The van der Waals surface area contributed by atoms with E-state index in [0.717, 1.165) is 11.3 Å². The molecule has 13 heavy (non-hydrogen) atoms. The van der Waals surface area contributed by atoms with Crippen molar-refractivity contribution in [3.05, 3.63) is 23.8 Å². The van der Waals surface area contributed by atoms with Crippen LogP contribution < -0.4 is 11.1 Å². The predicted octanol–water partition coefficient (Wildman–Crippen LogP) is 0.690. The predicted molar refractivity (Wildman–Crippen MR) is 49.6 cm³/mol. The lowest BCUT2D eigenvalue weighted by Crippen LogP contribution is -2.26. The summed E-state index contributed by atoms with van der Waals surface area (Å²) in [6, 6.07) is 4.91. The van der Waals surface area contributed by atoms with E-state index >= 15 is 0 Å². The van der Waals surface area contributed by atoms with Crippen molar-refractivity contribution in [3.8, 4) is 0 Å². The van der Waals surface area contributed by atoms with E-state index in [4.69, 9.17) is 10.8 Å². The van der Waals surface area contributed by atoms with Crippen LogP contribution in [0.4, 0.5) is 11.4 Å². The number of nitrogens with two attached hydrogens (primary N) is 1. The molecule has 0 saturated carbocycles. The van der Waals surface area contributed by atoms with Crippen LogP contribution in [0.2, 0.25) is 0 Å². The average molecular weight is 178 g/mol. The molecule has 0 saturated heterocycles. The summed E-state index contributed by atoms with van der Waals surface area (Å²) in [7, 11) is 0. The van der Waals surface area contributed by atoms with Crippen molar-refractivity contribution in [1.29, 1.82) is 0 Å². The van der Waals surface area contributed by atoms with E-state index in [2.05, 4.69) is 5.32 Å². The third-order valence-electron chi connectivity index (χ3n) is 2.25. The van der Waals surface area contributed by atoms with Gasteiger partial charge in [0, 0.05) is 23.4 Å². The van der Waals surface area contributed by atoms with Crippen molar-refractivity contribution < 1.29 is 9.90 Å². The van der Waals surface area contributed by atoms with Crippen LogP contribution in [0.15, 0.2) is 18.2 Å². The minimum Gasteiger partial charge on any atom is -0.480 e. The number of anilines is 2. The number of carbonyl (C=O) groups is 1. The van der Waals surface area contributed by atoms with Gasteiger partial charge in [-0.25, -0.2) is 4.79 Å². The van der Waals surface area contributed by atoms with Gasteiger partial charge in [0.2, 0.25) is 0 Å². The Hall–Kier alpha value is -1.71. The van der Waals surface area contributed by atoms with Crippen molar-refractivity contribution in [2.75, 3.05) is 11.1 Å². The van der Waals surface area contributed by atoms with E-state index < -0.39 is 12.0 Å². The lowest BCUT2D eigenvalue weighted by atomic mass is 10.1.